The lowest BCUT2D eigenvalue weighted by Gasteiger charge is -2.22. The summed E-state index contributed by atoms with van der Waals surface area (Å²) in [5.41, 5.74) is 1.55. The maximum Gasteiger partial charge on any atom is 0.258 e. The van der Waals surface area contributed by atoms with Crippen molar-refractivity contribution in [2.45, 2.75) is 13.5 Å². The molecule has 2 aromatic heterocycles. The molecule has 0 N–H and O–H groups in total. The van der Waals surface area contributed by atoms with E-state index in [9.17, 15) is 9.18 Å². The molecule has 0 atom stereocenters. The average Bonchev–Trinajstić information content (AvgIpc) is 2.95. The van der Waals surface area contributed by atoms with Gasteiger partial charge in [-0.2, -0.15) is 0 Å². The van der Waals surface area contributed by atoms with Crippen LogP contribution in [0.1, 0.15) is 12.6 Å². The Morgan fingerprint density at radius 3 is 2.81 bits per heavy atom. The third-order valence-corrected chi connectivity index (χ3v) is 4.04. The molecule has 0 radical (unpaired) electrons. The van der Waals surface area contributed by atoms with Crippen molar-refractivity contribution in [2.24, 2.45) is 0 Å². The average molecular weight is 303 g/mol. The van der Waals surface area contributed by atoms with Crippen molar-refractivity contribution in [1.29, 1.82) is 0 Å². The van der Waals surface area contributed by atoms with E-state index in [1.54, 1.807) is 24.4 Å². The summed E-state index contributed by atoms with van der Waals surface area (Å²) in [7, 11) is 0. The molecule has 0 aliphatic rings. The summed E-state index contributed by atoms with van der Waals surface area (Å²) in [6.45, 7) is 3.28. The number of thiazole rings is 1. The maximum atomic E-state index is 13.0. The highest BCUT2D eigenvalue weighted by Gasteiger charge is 2.09. The Balaban J connectivity index is 1.91. The van der Waals surface area contributed by atoms with Crippen molar-refractivity contribution in [1.82, 2.24) is 9.38 Å². The van der Waals surface area contributed by atoms with Gasteiger partial charge in [-0.05, 0) is 31.2 Å². The van der Waals surface area contributed by atoms with Crippen LogP contribution in [-0.4, -0.2) is 15.9 Å². The quantitative estimate of drug-likeness (QED) is 0.744. The molecule has 0 spiro atoms. The molecule has 0 fully saturated rings. The molecular formula is C15H14FN3OS. The van der Waals surface area contributed by atoms with Gasteiger partial charge in [0.2, 0.25) is 0 Å². The van der Waals surface area contributed by atoms with E-state index in [1.807, 2.05) is 17.2 Å². The van der Waals surface area contributed by atoms with Crippen molar-refractivity contribution in [3.8, 4) is 0 Å². The van der Waals surface area contributed by atoms with Gasteiger partial charge < -0.3 is 4.90 Å². The van der Waals surface area contributed by atoms with Gasteiger partial charge in [0, 0.05) is 29.9 Å². The predicted molar refractivity (Wildman–Crippen MR) is 82.5 cm³/mol. The van der Waals surface area contributed by atoms with Gasteiger partial charge in [-0.3, -0.25) is 9.20 Å². The fourth-order valence-electron chi connectivity index (χ4n) is 2.20. The highest BCUT2D eigenvalue weighted by molar-refractivity contribution is 7.15. The van der Waals surface area contributed by atoms with Gasteiger partial charge in [-0.15, -0.1) is 11.3 Å². The highest BCUT2D eigenvalue weighted by atomic mass is 32.1. The van der Waals surface area contributed by atoms with Gasteiger partial charge in [-0.25, -0.2) is 9.37 Å². The number of halogens is 1. The summed E-state index contributed by atoms with van der Waals surface area (Å²) in [5, 5.41) is 1.84. The summed E-state index contributed by atoms with van der Waals surface area (Å²) in [6, 6.07) is 7.88. The summed E-state index contributed by atoms with van der Waals surface area (Å²) in [6.07, 6.45) is 1.72. The van der Waals surface area contributed by atoms with Crippen LogP contribution in [-0.2, 0) is 6.54 Å². The van der Waals surface area contributed by atoms with Crippen molar-refractivity contribution < 1.29 is 4.39 Å². The van der Waals surface area contributed by atoms with Crippen LogP contribution in [0.4, 0.5) is 10.1 Å². The fraction of sp³-hybridized carbons (Fsp3) is 0.200. The number of hydrogen-bond acceptors (Lipinski definition) is 4. The second-order valence-electron chi connectivity index (χ2n) is 4.63. The first kappa shape index (κ1) is 13.8. The summed E-state index contributed by atoms with van der Waals surface area (Å²) < 4.78 is 14.5. The number of anilines is 1. The van der Waals surface area contributed by atoms with Crippen LogP contribution >= 0.6 is 11.3 Å². The zero-order chi connectivity index (χ0) is 14.8. The zero-order valence-corrected chi connectivity index (χ0v) is 12.3. The van der Waals surface area contributed by atoms with Gasteiger partial charge >= 0.3 is 0 Å². The van der Waals surface area contributed by atoms with E-state index in [4.69, 9.17) is 0 Å². The molecule has 4 nitrogen and oxygen atoms in total. The lowest BCUT2D eigenvalue weighted by Crippen LogP contribution is -2.24. The first-order valence-corrected chi connectivity index (χ1v) is 7.51. The topological polar surface area (TPSA) is 37.6 Å². The van der Waals surface area contributed by atoms with E-state index in [-0.39, 0.29) is 11.4 Å². The van der Waals surface area contributed by atoms with Crippen LogP contribution in [0.25, 0.3) is 4.96 Å². The van der Waals surface area contributed by atoms with Gasteiger partial charge in [0.15, 0.2) is 4.96 Å². The molecule has 0 saturated carbocycles. The number of rotatable bonds is 4. The third-order valence-electron chi connectivity index (χ3n) is 3.28. The lowest BCUT2D eigenvalue weighted by atomic mass is 10.2. The summed E-state index contributed by atoms with van der Waals surface area (Å²) >= 11 is 1.43. The van der Waals surface area contributed by atoms with E-state index in [0.717, 1.165) is 12.2 Å². The van der Waals surface area contributed by atoms with Crippen molar-refractivity contribution in [2.75, 3.05) is 11.4 Å². The first-order valence-electron chi connectivity index (χ1n) is 6.63. The van der Waals surface area contributed by atoms with Crippen molar-refractivity contribution in [3.63, 3.8) is 0 Å². The van der Waals surface area contributed by atoms with Crippen molar-refractivity contribution in [3.05, 3.63) is 63.8 Å². The molecule has 0 aliphatic carbocycles. The molecule has 108 valence electrons. The molecule has 2 heterocycles. The number of nitrogens with zero attached hydrogens (tertiary/aromatic N) is 3. The highest BCUT2D eigenvalue weighted by Crippen LogP contribution is 2.17. The summed E-state index contributed by atoms with van der Waals surface area (Å²) in [5.74, 6) is -0.258. The Labute approximate surface area is 125 Å². The molecule has 3 aromatic rings. The SMILES string of the molecule is CCN(Cc1cc(=O)n2ccsc2n1)c1ccc(F)cc1. The Kier molecular flexibility index (Phi) is 3.70. The van der Waals surface area contributed by atoms with Gasteiger partial charge in [0.1, 0.15) is 5.82 Å². The monoisotopic (exact) mass is 303 g/mol. The second-order valence-corrected chi connectivity index (χ2v) is 5.50. The lowest BCUT2D eigenvalue weighted by molar-refractivity contribution is 0.627. The number of aromatic nitrogens is 2. The van der Waals surface area contributed by atoms with E-state index in [1.165, 1.54) is 27.9 Å². The molecule has 0 bridgehead atoms. The Bertz CT molecular complexity index is 810. The number of hydrogen-bond donors (Lipinski definition) is 0. The molecule has 3 rings (SSSR count). The number of fused-ring (bicyclic) bond motifs is 1. The normalized spacial score (nSPS) is 11.0. The Hall–Kier alpha value is -2.21. The molecular weight excluding hydrogens is 289 g/mol. The molecule has 6 heteroatoms. The third kappa shape index (κ3) is 2.80. The van der Waals surface area contributed by atoms with Crippen LogP contribution < -0.4 is 10.5 Å². The van der Waals surface area contributed by atoms with E-state index in [2.05, 4.69) is 4.98 Å². The van der Waals surface area contributed by atoms with Crippen LogP contribution in [0.15, 0.2) is 46.7 Å². The summed E-state index contributed by atoms with van der Waals surface area (Å²) in [4.78, 5) is 19.2. The Morgan fingerprint density at radius 1 is 1.33 bits per heavy atom. The second kappa shape index (κ2) is 5.65. The number of benzene rings is 1. The van der Waals surface area contributed by atoms with E-state index in [0.29, 0.717) is 17.2 Å². The predicted octanol–water partition coefficient (Wildman–Crippen LogP) is 2.92. The minimum absolute atomic E-state index is 0.0774. The smallest absolute Gasteiger partial charge is 0.258 e. The van der Waals surface area contributed by atoms with Gasteiger partial charge in [0.25, 0.3) is 5.56 Å². The van der Waals surface area contributed by atoms with E-state index < -0.39 is 0 Å². The van der Waals surface area contributed by atoms with Crippen LogP contribution in [0.3, 0.4) is 0 Å². The minimum atomic E-state index is -0.258. The molecule has 1 aromatic carbocycles. The zero-order valence-electron chi connectivity index (χ0n) is 11.5. The van der Waals surface area contributed by atoms with Crippen LogP contribution in [0.5, 0.6) is 0 Å². The standard InChI is InChI=1S/C15H14FN3OS/c1-2-18(13-5-3-11(16)4-6-13)10-12-9-14(20)19-7-8-21-15(19)17-12/h3-9H,2,10H2,1H3. The van der Waals surface area contributed by atoms with Crippen LogP contribution in [0.2, 0.25) is 0 Å². The Morgan fingerprint density at radius 2 is 2.10 bits per heavy atom. The first-order chi connectivity index (χ1) is 10.2. The molecule has 0 unspecified atom stereocenters. The van der Waals surface area contributed by atoms with Gasteiger partial charge in [0.05, 0.1) is 12.2 Å². The largest absolute Gasteiger partial charge is 0.366 e. The molecule has 21 heavy (non-hydrogen) atoms. The van der Waals surface area contributed by atoms with Gasteiger partial charge in [-0.1, -0.05) is 0 Å². The molecule has 0 amide bonds. The minimum Gasteiger partial charge on any atom is -0.366 e. The van der Waals surface area contributed by atoms with Crippen molar-refractivity contribution >= 4 is 22.0 Å². The van der Waals surface area contributed by atoms with E-state index >= 15 is 0 Å². The molecule has 0 saturated heterocycles. The molecule has 0 aliphatic heterocycles. The van der Waals surface area contributed by atoms with Crippen LogP contribution in [0, 0.1) is 5.82 Å². The fourth-order valence-corrected chi connectivity index (χ4v) is 2.94. The maximum absolute atomic E-state index is 13.0.